The van der Waals surface area contributed by atoms with E-state index >= 15 is 0 Å². The highest BCUT2D eigenvalue weighted by molar-refractivity contribution is 6.37. The number of carbonyl (C=O) groups excluding carboxylic acids is 2. The van der Waals surface area contributed by atoms with E-state index in [1.807, 2.05) is 24.3 Å². The molecule has 1 heterocycles. The Morgan fingerprint density at radius 3 is 2.75 bits per heavy atom. The Morgan fingerprint density at radius 1 is 1.31 bits per heavy atom. The largest absolute Gasteiger partial charge is 0.335 e. The first kappa shape index (κ1) is 11.1. The highest BCUT2D eigenvalue weighted by Gasteiger charge is 2.28. The number of amides is 1. The smallest absolute Gasteiger partial charge is 0.290 e. The Bertz CT molecular complexity index is 431. The summed E-state index contributed by atoms with van der Waals surface area (Å²) in [6.07, 6.45) is 1.09. The SMILES string of the molecule is O=C1CCN(CCc2cccc(Cl)c2)C1=O. The predicted octanol–water partition coefficient (Wildman–Crippen LogP) is 1.68. The highest BCUT2D eigenvalue weighted by atomic mass is 35.5. The lowest BCUT2D eigenvalue weighted by Gasteiger charge is -2.14. The molecule has 0 bridgehead atoms. The van der Waals surface area contributed by atoms with Crippen molar-refractivity contribution < 1.29 is 9.59 Å². The standard InChI is InChI=1S/C12H12ClNO2/c13-10-3-1-2-9(8-10)4-6-14-7-5-11(15)12(14)16/h1-3,8H,4-7H2. The molecule has 0 unspecified atom stereocenters. The first-order valence-corrected chi connectivity index (χ1v) is 5.61. The first-order chi connectivity index (χ1) is 7.66. The van der Waals surface area contributed by atoms with E-state index in [-0.39, 0.29) is 11.7 Å². The van der Waals surface area contributed by atoms with E-state index in [9.17, 15) is 9.59 Å². The number of ketones is 1. The third-order valence-corrected chi connectivity index (χ3v) is 2.93. The summed E-state index contributed by atoms with van der Waals surface area (Å²) in [7, 11) is 0. The van der Waals surface area contributed by atoms with Gasteiger partial charge in [-0.15, -0.1) is 0 Å². The van der Waals surface area contributed by atoms with Crippen molar-refractivity contribution in [3.8, 4) is 0 Å². The molecule has 1 amide bonds. The van der Waals surface area contributed by atoms with Gasteiger partial charge >= 0.3 is 0 Å². The second-order valence-corrected chi connectivity index (χ2v) is 4.28. The predicted molar refractivity (Wildman–Crippen MR) is 61.4 cm³/mol. The molecule has 0 N–H and O–H groups in total. The lowest BCUT2D eigenvalue weighted by atomic mass is 10.1. The molecule has 3 nitrogen and oxygen atoms in total. The number of benzene rings is 1. The summed E-state index contributed by atoms with van der Waals surface area (Å²) in [5.74, 6) is -0.617. The lowest BCUT2D eigenvalue weighted by molar-refractivity contribution is -0.139. The minimum Gasteiger partial charge on any atom is -0.335 e. The maximum absolute atomic E-state index is 11.3. The van der Waals surface area contributed by atoms with Gasteiger partial charge in [-0.1, -0.05) is 23.7 Å². The van der Waals surface area contributed by atoms with E-state index in [0.29, 0.717) is 24.5 Å². The van der Waals surface area contributed by atoms with Gasteiger partial charge in [-0.25, -0.2) is 0 Å². The van der Waals surface area contributed by atoms with Crippen LogP contribution < -0.4 is 0 Å². The van der Waals surface area contributed by atoms with Crippen molar-refractivity contribution in [3.63, 3.8) is 0 Å². The van der Waals surface area contributed by atoms with Crippen molar-refractivity contribution >= 4 is 23.3 Å². The zero-order chi connectivity index (χ0) is 11.5. The van der Waals surface area contributed by atoms with Gasteiger partial charge in [-0.05, 0) is 24.1 Å². The average Bonchev–Trinajstić information content (AvgIpc) is 2.57. The van der Waals surface area contributed by atoms with Gasteiger partial charge in [0.05, 0.1) is 0 Å². The molecule has 0 saturated carbocycles. The zero-order valence-corrected chi connectivity index (χ0v) is 9.54. The van der Waals surface area contributed by atoms with Gasteiger partial charge in [0, 0.05) is 24.5 Å². The van der Waals surface area contributed by atoms with Crippen LogP contribution in [0.1, 0.15) is 12.0 Å². The van der Waals surface area contributed by atoms with Gasteiger partial charge in [0.15, 0.2) is 0 Å². The Hall–Kier alpha value is -1.35. The van der Waals surface area contributed by atoms with E-state index in [0.717, 1.165) is 12.0 Å². The molecule has 84 valence electrons. The number of halogens is 1. The zero-order valence-electron chi connectivity index (χ0n) is 8.78. The molecular weight excluding hydrogens is 226 g/mol. The number of likely N-dealkylation sites (tertiary alicyclic amines) is 1. The van der Waals surface area contributed by atoms with Crippen LogP contribution in [-0.2, 0) is 16.0 Å². The first-order valence-electron chi connectivity index (χ1n) is 5.23. The van der Waals surface area contributed by atoms with Gasteiger partial charge in [0.25, 0.3) is 5.91 Å². The molecule has 2 rings (SSSR count). The maximum atomic E-state index is 11.3. The summed E-state index contributed by atoms with van der Waals surface area (Å²) in [4.78, 5) is 24.0. The van der Waals surface area contributed by atoms with Crippen LogP contribution in [0.25, 0.3) is 0 Å². The highest BCUT2D eigenvalue weighted by Crippen LogP contribution is 2.13. The van der Waals surface area contributed by atoms with Crippen molar-refractivity contribution in [1.82, 2.24) is 4.90 Å². The molecule has 4 heteroatoms. The molecule has 0 aliphatic carbocycles. The summed E-state index contributed by atoms with van der Waals surface area (Å²) in [5, 5.41) is 0.696. The van der Waals surface area contributed by atoms with E-state index in [1.165, 1.54) is 0 Å². The van der Waals surface area contributed by atoms with E-state index < -0.39 is 0 Å². The number of nitrogens with zero attached hydrogens (tertiary/aromatic N) is 1. The van der Waals surface area contributed by atoms with Crippen LogP contribution in [0.5, 0.6) is 0 Å². The number of hydrogen-bond donors (Lipinski definition) is 0. The van der Waals surface area contributed by atoms with E-state index in [1.54, 1.807) is 4.90 Å². The second kappa shape index (κ2) is 4.66. The molecule has 1 aromatic rings. The summed E-state index contributed by atoms with van der Waals surface area (Å²) in [6, 6.07) is 7.54. The van der Waals surface area contributed by atoms with Crippen LogP contribution in [0, 0.1) is 0 Å². The molecule has 0 atom stereocenters. The fourth-order valence-corrected chi connectivity index (χ4v) is 2.00. The van der Waals surface area contributed by atoms with Crippen molar-refractivity contribution in [2.75, 3.05) is 13.1 Å². The van der Waals surface area contributed by atoms with E-state index in [4.69, 9.17) is 11.6 Å². The minimum atomic E-state index is -0.345. The van der Waals surface area contributed by atoms with Crippen molar-refractivity contribution in [3.05, 3.63) is 34.9 Å². The normalized spacial score (nSPS) is 15.9. The van der Waals surface area contributed by atoms with Gasteiger partial charge in [0.1, 0.15) is 0 Å². The number of hydrogen-bond acceptors (Lipinski definition) is 2. The Labute approximate surface area is 99.0 Å². The van der Waals surface area contributed by atoms with Crippen LogP contribution in [0.4, 0.5) is 0 Å². The topological polar surface area (TPSA) is 37.4 Å². The number of rotatable bonds is 3. The summed E-state index contributed by atoms with van der Waals surface area (Å²) in [6.45, 7) is 1.14. The van der Waals surface area contributed by atoms with Crippen molar-refractivity contribution in [2.45, 2.75) is 12.8 Å². The molecule has 1 fully saturated rings. The summed E-state index contributed by atoms with van der Waals surface area (Å²) < 4.78 is 0. The van der Waals surface area contributed by atoms with Gasteiger partial charge in [0.2, 0.25) is 5.78 Å². The molecular formula is C12H12ClNO2. The van der Waals surface area contributed by atoms with Crippen LogP contribution in [0.15, 0.2) is 24.3 Å². The van der Waals surface area contributed by atoms with Crippen LogP contribution in [0.2, 0.25) is 5.02 Å². The molecule has 0 radical (unpaired) electrons. The molecule has 0 aromatic heterocycles. The average molecular weight is 238 g/mol. The Balaban J connectivity index is 1.93. The molecule has 1 saturated heterocycles. The number of Topliss-reactive ketones (excluding diaryl/α,β-unsaturated/α-hetero) is 1. The monoisotopic (exact) mass is 237 g/mol. The third kappa shape index (κ3) is 2.42. The van der Waals surface area contributed by atoms with Gasteiger partial charge < -0.3 is 4.90 Å². The van der Waals surface area contributed by atoms with Crippen LogP contribution in [0.3, 0.4) is 0 Å². The Kier molecular flexibility index (Phi) is 3.25. The summed E-state index contributed by atoms with van der Waals surface area (Å²) >= 11 is 5.86. The third-order valence-electron chi connectivity index (χ3n) is 2.69. The maximum Gasteiger partial charge on any atom is 0.290 e. The fourth-order valence-electron chi connectivity index (χ4n) is 1.79. The fraction of sp³-hybridized carbons (Fsp3) is 0.333. The molecule has 0 spiro atoms. The quantitative estimate of drug-likeness (QED) is 0.751. The molecule has 1 aromatic carbocycles. The lowest BCUT2D eigenvalue weighted by Crippen LogP contribution is -2.29. The van der Waals surface area contributed by atoms with Gasteiger partial charge in [-0.3, -0.25) is 9.59 Å². The molecule has 1 aliphatic heterocycles. The molecule has 16 heavy (non-hydrogen) atoms. The summed E-state index contributed by atoms with van der Waals surface area (Å²) in [5.41, 5.74) is 1.08. The van der Waals surface area contributed by atoms with Crippen molar-refractivity contribution in [1.29, 1.82) is 0 Å². The number of carbonyl (C=O) groups is 2. The van der Waals surface area contributed by atoms with E-state index in [2.05, 4.69) is 0 Å². The molecule has 1 aliphatic rings. The minimum absolute atomic E-state index is 0.272. The van der Waals surface area contributed by atoms with Crippen LogP contribution in [-0.4, -0.2) is 29.7 Å². The van der Waals surface area contributed by atoms with Gasteiger partial charge in [-0.2, -0.15) is 0 Å². The van der Waals surface area contributed by atoms with Crippen molar-refractivity contribution in [2.24, 2.45) is 0 Å². The van der Waals surface area contributed by atoms with Crippen LogP contribution >= 0.6 is 11.6 Å². The Morgan fingerprint density at radius 2 is 2.12 bits per heavy atom. The second-order valence-electron chi connectivity index (χ2n) is 3.85.